The van der Waals surface area contributed by atoms with Crippen LogP contribution in [0.2, 0.25) is 0 Å². The van der Waals surface area contributed by atoms with Gasteiger partial charge in [0.25, 0.3) is 0 Å². The van der Waals surface area contributed by atoms with Gasteiger partial charge in [-0.05, 0) is 96.3 Å². The molecule has 0 unspecified atom stereocenters. The zero-order valence-electron chi connectivity index (χ0n) is 43.3. The average Bonchev–Trinajstić information content (AvgIpc) is 3.30. The molecule has 0 heterocycles. The number of unbranched alkanes of at least 4 members (excludes halogenated alkanes) is 36. The van der Waals surface area contributed by atoms with Gasteiger partial charge in [-0.15, -0.1) is 0 Å². The summed E-state index contributed by atoms with van der Waals surface area (Å²) in [6.07, 6.45) is 69.6. The molecule has 0 aliphatic heterocycles. The lowest BCUT2D eigenvalue weighted by molar-refractivity contribution is -0.0937. The molecule has 0 bridgehead atoms. The van der Waals surface area contributed by atoms with Gasteiger partial charge in [0, 0.05) is 19.8 Å². The Kier molecular flexibility index (Phi) is 54.6. The lowest BCUT2D eigenvalue weighted by atomic mass is 9.92. The molecule has 4 heteroatoms. The van der Waals surface area contributed by atoms with E-state index in [4.69, 9.17) is 14.2 Å². The summed E-state index contributed by atoms with van der Waals surface area (Å²) in [6.45, 7) is 10.7. The van der Waals surface area contributed by atoms with E-state index in [2.05, 4.69) is 57.2 Å². The van der Waals surface area contributed by atoms with Gasteiger partial charge in [-0.2, -0.15) is 0 Å². The third kappa shape index (κ3) is 50.3. The van der Waals surface area contributed by atoms with Crippen LogP contribution in [0.4, 0.5) is 0 Å². The molecular weight excluding hydrogens is 773 g/mol. The zero-order chi connectivity index (χ0) is 45.5. The smallest absolute Gasteiger partial charge is 0.0635 e. The lowest BCUT2D eigenvalue weighted by Crippen LogP contribution is -2.41. The molecule has 0 saturated carbocycles. The van der Waals surface area contributed by atoms with Crippen molar-refractivity contribution < 1.29 is 19.3 Å². The number of hydrogen-bond acceptors (Lipinski definition) is 4. The summed E-state index contributed by atoms with van der Waals surface area (Å²) in [5.74, 6) is 0. The first-order valence-electron chi connectivity index (χ1n) is 28.5. The first-order valence-corrected chi connectivity index (χ1v) is 28.5. The molecule has 0 aliphatic rings. The van der Waals surface area contributed by atoms with Crippen LogP contribution in [0.5, 0.6) is 0 Å². The van der Waals surface area contributed by atoms with Crippen LogP contribution in [0.3, 0.4) is 0 Å². The first-order chi connectivity index (χ1) is 31.2. The number of aliphatic hydroxyl groups is 1. The number of hydrogen-bond donors (Lipinski definition) is 1. The van der Waals surface area contributed by atoms with E-state index in [-0.39, 0.29) is 6.61 Å². The summed E-state index contributed by atoms with van der Waals surface area (Å²) in [7, 11) is 0. The normalized spacial score (nSPS) is 12.4. The Morgan fingerprint density at radius 1 is 0.270 bits per heavy atom. The Labute approximate surface area is 396 Å². The van der Waals surface area contributed by atoms with E-state index >= 15 is 0 Å². The van der Waals surface area contributed by atoms with Gasteiger partial charge in [-0.25, -0.2) is 0 Å². The Morgan fingerprint density at radius 3 is 0.667 bits per heavy atom. The predicted molar refractivity (Wildman–Crippen MR) is 280 cm³/mol. The van der Waals surface area contributed by atoms with Crippen LogP contribution in [-0.2, 0) is 14.2 Å². The van der Waals surface area contributed by atoms with E-state index in [9.17, 15) is 5.11 Å². The fourth-order valence-electron chi connectivity index (χ4n) is 8.48. The first kappa shape index (κ1) is 62.1. The number of rotatable bonds is 55. The minimum absolute atomic E-state index is 0.0429. The maximum absolute atomic E-state index is 10.7. The van der Waals surface area contributed by atoms with Crippen LogP contribution in [0.1, 0.15) is 290 Å². The quantitative estimate of drug-likeness (QED) is 0.0488. The van der Waals surface area contributed by atoms with Gasteiger partial charge < -0.3 is 19.3 Å². The topological polar surface area (TPSA) is 47.9 Å². The van der Waals surface area contributed by atoms with Gasteiger partial charge in [0.05, 0.1) is 31.8 Å². The molecule has 1 N–H and O–H groups in total. The molecule has 0 rings (SSSR count). The Hall–Kier alpha value is -0.940. The van der Waals surface area contributed by atoms with Crippen molar-refractivity contribution in [2.24, 2.45) is 5.41 Å². The predicted octanol–water partition coefficient (Wildman–Crippen LogP) is 19.1. The van der Waals surface area contributed by atoms with Crippen molar-refractivity contribution in [3.63, 3.8) is 0 Å². The standard InChI is InChI=1S/C59H114O4/c1-4-7-10-13-16-19-22-25-28-31-34-37-40-43-46-49-52-61-56-59(55-60,57-62-53-50-47-44-41-38-35-32-29-26-23-20-17-14-11-8-5-2)58-63-54-51-48-45-42-39-36-33-30-27-24-21-18-15-12-9-6-3/h25-30,60H,4-24,31-58H2,1-3H3/b28-25-,29-26-,30-27-. The maximum atomic E-state index is 10.7. The summed E-state index contributed by atoms with van der Waals surface area (Å²) < 4.78 is 18.7. The van der Waals surface area contributed by atoms with Gasteiger partial charge in [-0.1, -0.05) is 231 Å². The van der Waals surface area contributed by atoms with Crippen molar-refractivity contribution in [2.45, 2.75) is 290 Å². The highest BCUT2D eigenvalue weighted by atomic mass is 16.5. The summed E-state index contributed by atoms with van der Waals surface area (Å²) in [5, 5.41) is 10.7. The molecule has 0 aromatic carbocycles. The second kappa shape index (κ2) is 55.4. The van der Waals surface area contributed by atoms with E-state index in [1.54, 1.807) is 0 Å². The van der Waals surface area contributed by atoms with E-state index in [0.29, 0.717) is 19.8 Å². The molecule has 0 fully saturated rings. The molecule has 0 atom stereocenters. The Bertz CT molecular complexity index is 799. The van der Waals surface area contributed by atoms with Crippen molar-refractivity contribution in [3.8, 4) is 0 Å². The molecule has 4 nitrogen and oxygen atoms in total. The van der Waals surface area contributed by atoms with Crippen molar-refractivity contribution in [1.82, 2.24) is 0 Å². The molecule has 63 heavy (non-hydrogen) atoms. The maximum Gasteiger partial charge on any atom is 0.0635 e. The molecule has 0 saturated heterocycles. The molecule has 0 spiro atoms. The van der Waals surface area contributed by atoms with Crippen molar-refractivity contribution >= 4 is 0 Å². The van der Waals surface area contributed by atoms with E-state index in [0.717, 1.165) is 39.1 Å². The zero-order valence-corrected chi connectivity index (χ0v) is 43.3. The number of allylic oxidation sites excluding steroid dienone is 6. The molecule has 374 valence electrons. The largest absolute Gasteiger partial charge is 0.396 e. The highest BCUT2D eigenvalue weighted by Gasteiger charge is 2.31. The summed E-state index contributed by atoms with van der Waals surface area (Å²) in [4.78, 5) is 0. The van der Waals surface area contributed by atoms with Crippen LogP contribution in [0.15, 0.2) is 36.5 Å². The second-order valence-electron chi connectivity index (χ2n) is 19.6. The molecular formula is C59H114O4. The van der Waals surface area contributed by atoms with Crippen molar-refractivity contribution in [3.05, 3.63) is 36.5 Å². The Morgan fingerprint density at radius 2 is 0.460 bits per heavy atom. The fourth-order valence-corrected chi connectivity index (χ4v) is 8.48. The third-order valence-corrected chi connectivity index (χ3v) is 13.0. The number of aliphatic hydroxyl groups excluding tert-OH is 1. The van der Waals surface area contributed by atoms with E-state index < -0.39 is 5.41 Å². The Balaban J connectivity index is 4.28. The SMILES string of the molecule is CCCCCCCC/C=C\CCCCCCCCOCC(CO)(COCCCCCCCC/C=C\CCCCCCCC)COCCCCCCCC/C=C\CCCCCCCC. The highest BCUT2D eigenvalue weighted by Crippen LogP contribution is 2.21. The fraction of sp³-hybridized carbons (Fsp3) is 0.898. The monoisotopic (exact) mass is 887 g/mol. The molecule has 0 amide bonds. The van der Waals surface area contributed by atoms with Crippen molar-refractivity contribution in [2.75, 3.05) is 46.2 Å². The average molecular weight is 888 g/mol. The highest BCUT2D eigenvalue weighted by molar-refractivity contribution is 4.83. The molecule has 0 aromatic heterocycles. The lowest BCUT2D eigenvalue weighted by Gasteiger charge is -2.31. The van der Waals surface area contributed by atoms with Crippen LogP contribution < -0.4 is 0 Å². The molecule has 0 aliphatic carbocycles. The third-order valence-electron chi connectivity index (χ3n) is 13.0. The van der Waals surface area contributed by atoms with Gasteiger partial charge in [0.1, 0.15) is 0 Å². The van der Waals surface area contributed by atoms with Crippen LogP contribution >= 0.6 is 0 Å². The van der Waals surface area contributed by atoms with Gasteiger partial charge in [0.2, 0.25) is 0 Å². The van der Waals surface area contributed by atoms with Gasteiger partial charge >= 0.3 is 0 Å². The molecule has 0 radical (unpaired) electrons. The minimum Gasteiger partial charge on any atom is -0.396 e. The minimum atomic E-state index is -0.478. The van der Waals surface area contributed by atoms with Crippen molar-refractivity contribution in [1.29, 1.82) is 0 Å². The summed E-state index contributed by atoms with van der Waals surface area (Å²) >= 11 is 0. The second-order valence-corrected chi connectivity index (χ2v) is 19.6. The molecule has 0 aromatic rings. The summed E-state index contributed by atoms with van der Waals surface area (Å²) in [5.41, 5.74) is -0.478. The van der Waals surface area contributed by atoms with Crippen LogP contribution in [0.25, 0.3) is 0 Å². The number of ether oxygens (including phenoxy) is 3. The van der Waals surface area contributed by atoms with Crippen LogP contribution in [0, 0.1) is 5.41 Å². The van der Waals surface area contributed by atoms with Crippen LogP contribution in [-0.4, -0.2) is 51.4 Å². The summed E-state index contributed by atoms with van der Waals surface area (Å²) in [6, 6.07) is 0. The van der Waals surface area contributed by atoms with Gasteiger partial charge in [-0.3, -0.25) is 0 Å². The van der Waals surface area contributed by atoms with Gasteiger partial charge in [0.15, 0.2) is 0 Å². The van der Waals surface area contributed by atoms with E-state index in [1.807, 2.05) is 0 Å². The van der Waals surface area contributed by atoms with E-state index in [1.165, 1.54) is 250 Å².